The lowest BCUT2D eigenvalue weighted by molar-refractivity contribution is -0.0504. The molecule has 0 aromatic heterocycles. The summed E-state index contributed by atoms with van der Waals surface area (Å²) in [7, 11) is 0. The first kappa shape index (κ1) is 11.0. The number of nitriles is 1. The van der Waals surface area contributed by atoms with E-state index >= 15 is 0 Å². The number of aldehydes is 1. The van der Waals surface area contributed by atoms with Crippen LogP contribution in [0.1, 0.15) is 15.9 Å². The monoisotopic (exact) mass is 215 g/mol. The lowest BCUT2D eigenvalue weighted by Crippen LogP contribution is -2.07. The third kappa shape index (κ3) is 2.26. The van der Waals surface area contributed by atoms with Crippen molar-refractivity contribution in [1.29, 1.82) is 5.26 Å². The SMILES string of the molecule is N#Cc1ccc(F)c(C=O)c1OC(F)F. The minimum absolute atomic E-state index is 0.0217. The van der Waals surface area contributed by atoms with Crippen molar-refractivity contribution in [2.75, 3.05) is 0 Å². The zero-order chi connectivity index (χ0) is 11.4. The number of hydrogen-bond acceptors (Lipinski definition) is 3. The molecular weight excluding hydrogens is 211 g/mol. The van der Waals surface area contributed by atoms with Crippen LogP contribution in [0.15, 0.2) is 12.1 Å². The number of nitrogens with zero attached hydrogens (tertiary/aromatic N) is 1. The van der Waals surface area contributed by atoms with E-state index < -0.39 is 23.7 Å². The molecule has 15 heavy (non-hydrogen) atoms. The fraction of sp³-hybridized carbons (Fsp3) is 0.111. The van der Waals surface area contributed by atoms with Crippen molar-refractivity contribution in [3.63, 3.8) is 0 Å². The molecule has 0 aliphatic heterocycles. The number of alkyl halides is 2. The standard InChI is InChI=1S/C9H4F3NO2/c10-7-2-1-5(3-13)8(6(7)4-14)15-9(11)12/h1-2,4,9H. The van der Waals surface area contributed by atoms with E-state index in [1.54, 1.807) is 0 Å². The van der Waals surface area contributed by atoms with Crippen LogP contribution >= 0.6 is 0 Å². The first-order valence-corrected chi connectivity index (χ1v) is 3.72. The number of rotatable bonds is 3. The Labute approximate surface area is 82.7 Å². The quantitative estimate of drug-likeness (QED) is 0.725. The zero-order valence-corrected chi connectivity index (χ0v) is 7.21. The van der Waals surface area contributed by atoms with Crippen LogP contribution in [0.25, 0.3) is 0 Å². The molecule has 0 aliphatic rings. The van der Waals surface area contributed by atoms with Gasteiger partial charge in [0.05, 0.1) is 11.1 Å². The minimum atomic E-state index is -3.22. The van der Waals surface area contributed by atoms with E-state index in [1.807, 2.05) is 0 Å². The van der Waals surface area contributed by atoms with Crippen LogP contribution < -0.4 is 4.74 Å². The van der Waals surface area contributed by atoms with Crippen molar-refractivity contribution in [3.05, 3.63) is 29.1 Å². The van der Waals surface area contributed by atoms with Gasteiger partial charge in [0.2, 0.25) is 0 Å². The predicted molar refractivity (Wildman–Crippen MR) is 43.1 cm³/mol. The van der Waals surface area contributed by atoms with Crippen LogP contribution in [-0.4, -0.2) is 12.9 Å². The van der Waals surface area contributed by atoms with E-state index in [1.165, 1.54) is 6.07 Å². The first-order chi connectivity index (χ1) is 7.10. The van der Waals surface area contributed by atoms with Gasteiger partial charge in [-0.1, -0.05) is 0 Å². The van der Waals surface area contributed by atoms with Crippen LogP contribution in [0, 0.1) is 17.1 Å². The largest absolute Gasteiger partial charge is 0.433 e. The van der Waals surface area contributed by atoms with Gasteiger partial charge in [0.15, 0.2) is 12.0 Å². The highest BCUT2D eigenvalue weighted by atomic mass is 19.3. The molecule has 6 heteroatoms. The molecule has 0 radical (unpaired) electrons. The zero-order valence-electron chi connectivity index (χ0n) is 7.21. The molecule has 0 spiro atoms. The molecule has 0 heterocycles. The van der Waals surface area contributed by atoms with E-state index in [9.17, 15) is 18.0 Å². The second-order valence-electron chi connectivity index (χ2n) is 2.45. The van der Waals surface area contributed by atoms with Gasteiger partial charge >= 0.3 is 6.61 Å². The molecule has 78 valence electrons. The fourth-order valence-corrected chi connectivity index (χ4v) is 0.989. The van der Waals surface area contributed by atoms with Crippen LogP contribution in [0.2, 0.25) is 0 Å². The summed E-state index contributed by atoms with van der Waals surface area (Å²) in [6, 6.07) is 3.31. The van der Waals surface area contributed by atoms with Crippen molar-refractivity contribution >= 4 is 6.29 Å². The molecule has 1 aromatic rings. The second-order valence-corrected chi connectivity index (χ2v) is 2.45. The maximum Gasteiger partial charge on any atom is 0.387 e. The van der Waals surface area contributed by atoms with Gasteiger partial charge in [0.25, 0.3) is 0 Å². The average molecular weight is 215 g/mol. The Morgan fingerprint density at radius 3 is 2.60 bits per heavy atom. The Hall–Kier alpha value is -2.03. The Balaban J connectivity index is 3.35. The van der Waals surface area contributed by atoms with E-state index in [0.29, 0.717) is 0 Å². The van der Waals surface area contributed by atoms with Crippen LogP contribution in [-0.2, 0) is 0 Å². The van der Waals surface area contributed by atoms with E-state index in [2.05, 4.69) is 4.74 Å². The Bertz CT molecular complexity index is 426. The fourth-order valence-electron chi connectivity index (χ4n) is 0.989. The van der Waals surface area contributed by atoms with Gasteiger partial charge in [-0.05, 0) is 12.1 Å². The number of carbonyl (C=O) groups excluding carboxylic acids is 1. The summed E-state index contributed by atoms with van der Waals surface area (Å²) in [5, 5.41) is 8.53. The molecule has 0 aliphatic carbocycles. The summed E-state index contributed by atoms with van der Waals surface area (Å²) < 4.78 is 40.7. The number of ether oxygens (including phenoxy) is 1. The highest BCUT2D eigenvalue weighted by molar-refractivity contribution is 5.81. The van der Waals surface area contributed by atoms with Crippen molar-refractivity contribution in [2.24, 2.45) is 0 Å². The molecular formula is C9H4F3NO2. The Kier molecular flexibility index (Phi) is 3.29. The predicted octanol–water partition coefficient (Wildman–Crippen LogP) is 2.11. The van der Waals surface area contributed by atoms with Gasteiger partial charge in [-0.3, -0.25) is 4.79 Å². The van der Waals surface area contributed by atoms with Crippen molar-refractivity contribution in [1.82, 2.24) is 0 Å². The lowest BCUT2D eigenvalue weighted by atomic mass is 10.1. The molecule has 0 fully saturated rings. The third-order valence-electron chi connectivity index (χ3n) is 1.59. The Morgan fingerprint density at radius 1 is 1.47 bits per heavy atom. The highest BCUT2D eigenvalue weighted by Gasteiger charge is 2.17. The Morgan fingerprint density at radius 2 is 2.13 bits per heavy atom. The van der Waals surface area contributed by atoms with E-state index in [-0.39, 0.29) is 11.8 Å². The summed E-state index contributed by atoms with van der Waals surface area (Å²) in [6.45, 7) is -3.22. The van der Waals surface area contributed by atoms with Gasteiger partial charge in [0.1, 0.15) is 11.9 Å². The number of hydrogen-bond donors (Lipinski definition) is 0. The summed E-state index contributed by atoms with van der Waals surface area (Å²) in [5.74, 6) is -1.75. The average Bonchev–Trinajstić information content (AvgIpc) is 2.18. The van der Waals surface area contributed by atoms with E-state index in [4.69, 9.17) is 5.26 Å². The molecule has 0 unspecified atom stereocenters. The van der Waals surface area contributed by atoms with Crippen molar-refractivity contribution < 1.29 is 22.7 Å². The van der Waals surface area contributed by atoms with Crippen LogP contribution in [0.4, 0.5) is 13.2 Å². The summed E-state index contributed by atoms with van der Waals surface area (Å²) in [4.78, 5) is 10.4. The van der Waals surface area contributed by atoms with Crippen molar-refractivity contribution in [2.45, 2.75) is 6.61 Å². The second kappa shape index (κ2) is 4.46. The van der Waals surface area contributed by atoms with Gasteiger partial charge in [-0.2, -0.15) is 14.0 Å². The summed E-state index contributed by atoms with van der Waals surface area (Å²) in [5.41, 5.74) is -1.01. The van der Waals surface area contributed by atoms with Crippen LogP contribution in [0.5, 0.6) is 5.75 Å². The first-order valence-electron chi connectivity index (χ1n) is 3.72. The van der Waals surface area contributed by atoms with Gasteiger partial charge in [0, 0.05) is 0 Å². The molecule has 0 bridgehead atoms. The van der Waals surface area contributed by atoms with Gasteiger partial charge < -0.3 is 4.74 Å². The maximum absolute atomic E-state index is 13.0. The molecule has 0 atom stereocenters. The normalized spacial score (nSPS) is 9.80. The summed E-state index contributed by atoms with van der Waals surface area (Å²) in [6.07, 6.45) is 0.0217. The molecule has 1 aromatic carbocycles. The smallest absolute Gasteiger partial charge is 0.387 e. The van der Waals surface area contributed by atoms with Gasteiger partial charge in [-0.25, -0.2) is 4.39 Å². The highest BCUT2D eigenvalue weighted by Crippen LogP contribution is 2.26. The molecule has 0 N–H and O–H groups in total. The number of halogens is 3. The molecule has 0 saturated carbocycles. The minimum Gasteiger partial charge on any atom is -0.433 e. The molecule has 3 nitrogen and oxygen atoms in total. The van der Waals surface area contributed by atoms with E-state index in [0.717, 1.165) is 12.1 Å². The molecule has 1 rings (SSSR count). The molecule has 0 amide bonds. The third-order valence-corrected chi connectivity index (χ3v) is 1.59. The summed E-state index contributed by atoms with van der Waals surface area (Å²) >= 11 is 0. The van der Waals surface area contributed by atoms with Crippen molar-refractivity contribution in [3.8, 4) is 11.8 Å². The lowest BCUT2D eigenvalue weighted by Gasteiger charge is -2.08. The van der Waals surface area contributed by atoms with Gasteiger partial charge in [-0.15, -0.1) is 0 Å². The number of carbonyl (C=O) groups is 1. The number of benzene rings is 1. The van der Waals surface area contributed by atoms with Crippen LogP contribution in [0.3, 0.4) is 0 Å². The maximum atomic E-state index is 13.0. The topological polar surface area (TPSA) is 50.1 Å². The molecule has 0 saturated heterocycles.